The fourth-order valence-electron chi connectivity index (χ4n) is 1.76. The highest BCUT2D eigenvalue weighted by Gasteiger charge is 2.24. The standard InChI is InChI=1S/C14H12OS/c1-10-6-8-11(9-7-10)14-15-12-4-2-3-5-13(12)16-14/h2-9,14H,1H3. The number of hydrogen-bond donors (Lipinski definition) is 0. The fraction of sp³-hybridized carbons (Fsp3) is 0.143. The second-order valence-electron chi connectivity index (χ2n) is 3.93. The van der Waals surface area contributed by atoms with Gasteiger partial charge in [0.15, 0.2) is 5.44 Å². The topological polar surface area (TPSA) is 9.23 Å². The minimum atomic E-state index is 0.109. The van der Waals surface area contributed by atoms with E-state index >= 15 is 0 Å². The molecule has 0 radical (unpaired) electrons. The molecule has 0 saturated carbocycles. The molecule has 80 valence electrons. The predicted octanol–water partition coefficient (Wildman–Crippen LogP) is 4.18. The van der Waals surface area contributed by atoms with Crippen LogP contribution in [0.4, 0.5) is 0 Å². The van der Waals surface area contributed by atoms with Crippen molar-refractivity contribution in [2.75, 3.05) is 0 Å². The molecule has 2 aromatic rings. The smallest absolute Gasteiger partial charge is 0.174 e. The molecule has 3 rings (SSSR count). The Kier molecular flexibility index (Phi) is 2.37. The van der Waals surface area contributed by atoms with Gasteiger partial charge < -0.3 is 4.74 Å². The lowest BCUT2D eigenvalue weighted by Crippen LogP contribution is -1.97. The number of benzene rings is 2. The number of aryl methyl sites for hydroxylation is 1. The molecule has 1 aliphatic rings. The molecule has 1 aliphatic heterocycles. The lowest BCUT2D eigenvalue weighted by Gasteiger charge is -2.09. The van der Waals surface area contributed by atoms with Crippen LogP contribution in [-0.2, 0) is 0 Å². The van der Waals surface area contributed by atoms with Crippen LogP contribution in [0.1, 0.15) is 16.6 Å². The molecule has 1 atom stereocenters. The first kappa shape index (κ1) is 9.79. The Morgan fingerprint density at radius 3 is 2.50 bits per heavy atom. The molecule has 0 aliphatic carbocycles. The first-order valence-corrected chi connectivity index (χ1v) is 6.20. The maximum atomic E-state index is 5.90. The number of rotatable bonds is 1. The van der Waals surface area contributed by atoms with Gasteiger partial charge in [0.1, 0.15) is 5.75 Å². The average molecular weight is 228 g/mol. The number of fused-ring (bicyclic) bond motifs is 1. The molecule has 1 nitrogen and oxygen atoms in total. The monoisotopic (exact) mass is 228 g/mol. The summed E-state index contributed by atoms with van der Waals surface area (Å²) in [4.78, 5) is 1.23. The Morgan fingerprint density at radius 2 is 1.75 bits per heavy atom. The summed E-state index contributed by atoms with van der Waals surface area (Å²) in [5.41, 5.74) is 2.62. The summed E-state index contributed by atoms with van der Waals surface area (Å²) in [6, 6.07) is 16.7. The Labute approximate surface area is 99.4 Å². The molecule has 2 heteroatoms. The van der Waals surface area contributed by atoms with Crippen LogP contribution in [0.3, 0.4) is 0 Å². The second-order valence-corrected chi connectivity index (χ2v) is 5.03. The largest absolute Gasteiger partial charge is 0.473 e. The van der Waals surface area contributed by atoms with Crippen LogP contribution in [0.15, 0.2) is 53.4 Å². The molecular weight excluding hydrogens is 216 g/mol. The summed E-state index contributed by atoms with van der Waals surface area (Å²) in [6.45, 7) is 2.10. The Balaban J connectivity index is 1.88. The van der Waals surface area contributed by atoms with Crippen LogP contribution in [0, 0.1) is 6.92 Å². The summed E-state index contributed by atoms with van der Waals surface area (Å²) in [6.07, 6.45) is 0. The van der Waals surface area contributed by atoms with Crippen molar-refractivity contribution < 1.29 is 4.74 Å². The quantitative estimate of drug-likeness (QED) is 0.724. The molecule has 0 amide bonds. The summed E-state index contributed by atoms with van der Waals surface area (Å²) < 4.78 is 5.90. The SMILES string of the molecule is Cc1ccc(C2Oc3ccccc3S2)cc1. The van der Waals surface area contributed by atoms with E-state index in [1.807, 2.05) is 18.2 Å². The van der Waals surface area contributed by atoms with E-state index in [1.54, 1.807) is 11.8 Å². The number of ether oxygens (including phenoxy) is 1. The molecule has 0 fully saturated rings. The van der Waals surface area contributed by atoms with Crippen molar-refractivity contribution in [3.05, 3.63) is 59.7 Å². The molecule has 0 bridgehead atoms. The minimum absolute atomic E-state index is 0.109. The van der Waals surface area contributed by atoms with Crippen molar-refractivity contribution in [3.8, 4) is 5.75 Å². The summed E-state index contributed by atoms with van der Waals surface area (Å²) in [5.74, 6) is 0.998. The van der Waals surface area contributed by atoms with Crippen LogP contribution in [-0.4, -0.2) is 0 Å². The molecule has 2 aromatic carbocycles. The Hall–Kier alpha value is -1.41. The van der Waals surface area contributed by atoms with Gasteiger partial charge in [0.2, 0.25) is 0 Å². The highest BCUT2D eigenvalue weighted by Crippen LogP contribution is 2.47. The third kappa shape index (κ3) is 1.69. The Morgan fingerprint density at radius 1 is 1.00 bits per heavy atom. The van der Waals surface area contributed by atoms with E-state index < -0.39 is 0 Å². The van der Waals surface area contributed by atoms with Gasteiger partial charge >= 0.3 is 0 Å². The average Bonchev–Trinajstić information content (AvgIpc) is 2.73. The first-order chi connectivity index (χ1) is 7.83. The van der Waals surface area contributed by atoms with Crippen LogP contribution in [0.5, 0.6) is 5.75 Å². The molecule has 0 spiro atoms. The van der Waals surface area contributed by atoms with E-state index in [9.17, 15) is 0 Å². The Bertz CT molecular complexity index is 479. The van der Waals surface area contributed by atoms with Gasteiger partial charge in [0.05, 0.1) is 4.90 Å². The summed E-state index contributed by atoms with van der Waals surface area (Å²) >= 11 is 1.77. The minimum Gasteiger partial charge on any atom is -0.473 e. The number of thioether (sulfide) groups is 1. The van der Waals surface area contributed by atoms with E-state index in [0.717, 1.165) is 5.75 Å². The number of para-hydroxylation sites is 1. The number of hydrogen-bond acceptors (Lipinski definition) is 2. The van der Waals surface area contributed by atoms with Crippen molar-refractivity contribution in [1.29, 1.82) is 0 Å². The van der Waals surface area contributed by atoms with Gasteiger partial charge in [-0.3, -0.25) is 0 Å². The van der Waals surface area contributed by atoms with Crippen LogP contribution in [0.2, 0.25) is 0 Å². The predicted molar refractivity (Wildman–Crippen MR) is 66.8 cm³/mol. The van der Waals surface area contributed by atoms with Gasteiger partial charge in [0, 0.05) is 5.56 Å². The zero-order valence-corrected chi connectivity index (χ0v) is 9.83. The highest BCUT2D eigenvalue weighted by atomic mass is 32.2. The van der Waals surface area contributed by atoms with E-state index in [0.29, 0.717) is 0 Å². The molecule has 0 saturated heterocycles. The molecule has 1 unspecified atom stereocenters. The second kappa shape index (κ2) is 3.87. The van der Waals surface area contributed by atoms with Gasteiger partial charge in [-0.15, -0.1) is 0 Å². The van der Waals surface area contributed by atoms with E-state index in [2.05, 4.69) is 37.3 Å². The van der Waals surface area contributed by atoms with Gasteiger partial charge in [0.25, 0.3) is 0 Å². The van der Waals surface area contributed by atoms with Crippen LogP contribution >= 0.6 is 11.8 Å². The van der Waals surface area contributed by atoms with E-state index in [1.165, 1.54) is 16.0 Å². The maximum absolute atomic E-state index is 5.90. The van der Waals surface area contributed by atoms with E-state index in [4.69, 9.17) is 4.74 Å². The molecule has 0 N–H and O–H groups in total. The summed E-state index contributed by atoms with van der Waals surface area (Å²) in [5, 5.41) is 0. The fourth-order valence-corrected chi connectivity index (χ4v) is 2.82. The zero-order valence-electron chi connectivity index (χ0n) is 9.01. The molecule has 1 heterocycles. The van der Waals surface area contributed by atoms with Gasteiger partial charge in [-0.1, -0.05) is 53.7 Å². The molecule has 16 heavy (non-hydrogen) atoms. The van der Waals surface area contributed by atoms with Gasteiger partial charge in [-0.2, -0.15) is 0 Å². The van der Waals surface area contributed by atoms with Crippen molar-refractivity contribution in [2.24, 2.45) is 0 Å². The van der Waals surface area contributed by atoms with Crippen LogP contribution in [0.25, 0.3) is 0 Å². The van der Waals surface area contributed by atoms with Gasteiger partial charge in [-0.05, 0) is 19.1 Å². The zero-order chi connectivity index (χ0) is 11.0. The highest BCUT2D eigenvalue weighted by molar-refractivity contribution is 7.99. The third-order valence-corrected chi connectivity index (χ3v) is 3.84. The van der Waals surface area contributed by atoms with Crippen LogP contribution < -0.4 is 4.74 Å². The lowest BCUT2D eigenvalue weighted by molar-refractivity contribution is 0.302. The van der Waals surface area contributed by atoms with Crippen molar-refractivity contribution >= 4 is 11.8 Å². The third-order valence-electron chi connectivity index (χ3n) is 2.67. The first-order valence-electron chi connectivity index (χ1n) is 5.32. The van der Waals surface area contributed by atoms with Crippen molar-refractivity contribution in [1.82, 2.24) is 0 Å². The molecular formula is C14H12OS. The van der Waals surface area contributed by atoms with Crippen molar-refractivity contribution in [3.63, 3.8) is 0 Å². The normalized spacial score (nSPS) is 17.9. The van der Waals surface area contributed by atoms with Gasteiger partial charge in [-0.25, -0.2) is 0 Å². The maximum Gasteiger partial charge on any atom is 0.174 e. The van der Waals surface area contributed by atoms with E-state index in [-0.39, 0.29) is 5.44 Å². The van der Waals surface area contributed by atoms with Crippen molar-refractivity contribution in [2.45, 2.75) is 17.3 Å². The summed E-state index contributed by atoms with van der Waals surface area (Å²) in [7, 11) is 0. The molecule has 0 aromatic heterocycles. The lowest BCUT2D eigenvalue weighted by atomic mass is 10.2.